The Bertz CT molecular complexity index is 471. The van der Waals surface area contributed by atoms with Gasteiger partial charge in [-0.2, -0.15) is 0 Å². The van der Waals surface area contributed by atoms with Gasteiger partial charge in [-0.05, 0) is 24.3 Å². The topological polar surface area (TPSA) is 33.1 Å². The highest BCUT2D eigenvalue weighted by molar-refractivity contribution is 5.80. The monoisotopic (exact) mass is 195 g/mol. The maximum Gasteiger partial charge on any atom is 0.280 e. The number of fused-ring (bicyclic) bond motifs is 1. The maximum absolute atomic E-state index is 12.3. The first-order valence-electron chi connectivity index (χ1n) is 4.04. The van der Waals surface area contributed by atoms with E-state index in [1.165, 1.54) is 30.3 Å². The quantitative estimate of drug-likeness (QED) is 0.758. The fourth-order valence-electron chi connectivity index (χ4n) is 1.25. The van der Waals surface area contributed by atoms with Crippen LogP contribution in [0.25, 0.3) is 10.9 Å². The molecule has 2 aromatic rings. The van der Waals surface area contributed by atoms with Crippen molar-refractivity contribution in [1.82, 2.24) is 4.98 Å². The molecular formula is C10H7F2NO. The lowest BCUT2D eigenvalue weighted by molar-refractivity contribution is 0.146. The first-order chi connectivity index (χ1) is 6.66. The van der Waals surface area contributed by atoms with Crippen molar-refractivity contribution in [2.75, 3.05) is 0 Å². The maximum atomic E-state index is 12.3. The van der Waals surface area contributed by atoms with Gasteiger partial charge in [0.25, 0.3) is 6.43 Å². The van der Waals surface area contributed by atoms with Gasteiger partial charge in [0.15, 0.2) is 0 Å². The summed E-state index contributed by atoms with van der Waals surface area (Å²) in [6.07, 6.45) is -2.56. The van der Waals surface area contributed by atoms with Crippen molar-refractivity contribution in [2.45, 2.75) is 6.43 Å². The van der Waals surface area contributed by atoms with Crippen LogP contribution in [0, 0.1) is 0 Å². The fraction of sp³-hybridized carbons (Fsp3) is 0.100. The third-order valence-electron chi connectivity index (χ3n) is 1.92. The van der Waals surface area contributed by atoms with Gasteiger partial charge in [-0.15, -0.1) is 0 Å². The molecule has 1 aromatic heterocycles. The van der Waals surface area contributed by atoms with Crippen LogP contribution in [0.5, 0.6) is 5.75 Å². The van der Waals surface area contributed by atoms with E-state index in [1.54, 1.807) is 0 Å². The molecule has 2 rings (SSSR count). The lowest BCUT2D eigenvalue weighted by atomic mass is 10.2. The third kappa shape index (κ3) is 1.51. The molecule has 1 heterocycles. The normalized spacial score (nSPS) is 11.1. The zero-order chi connectivity index (χ0) is 10.1. The van der Waals surface area contributed by atoms with E-state index in [0.717, 1.165) is 0 Å². The molecule has 0 fully saturated rings. The molecule has 1 N–H and O–H groups in total. The number of hydrogen-bond donors (Lipinski definition) is 1. The van der Waals surface area contributed by atoms with E-state index in [1.807, 2.05) is 0 Å². The number of halogens is 2. The van der Waals surface area contributed by atoms with Gasteiger partial charge in [0.1, 0.15) is 11.4 Å². The Kier molecular flexibility index (Phi) is 2.04. The summed E-state index contributed by atoms with van der Waals surface area (Å²) in [6, 6.07) is 7.19. The molecule has 1 aromatic carbocycles. The van der Waals surface area contributed by atoms with E-state index in [4.69, 9.17) is 5.11 Å². The fourth-order valence-corrected chi connectivity index (χ4v) is 1.25. The number of pyridine rings is 1. The van der Waals surface area contributed by atoms with Crippen LogP contribution < -0.4 is 0 Å². The summed E-state index contributed by atoms with van der Waals surface area (Å²) < 4.78 is 24.5. The van der Waals surface area contributed by atoms with Crippen molar-refractivity contribution in [3.05, 3.63) is 36.0 Å². The van der Waals surface area contributed by atoms with Gasteiger partial charge in [-0.25, -0.2) is 13.8 Å². The molecular weight excluding hydrogens is 188 g/mol. The molecule has 0 aliphatic heterocycles. The lowest BCUT2D eigenvalue weighted by Gasteiger charge is -2.01. The number of phenols is 1. The van der Waals surface area contributed by atoms with Gasteiger partial charge < -0.3 is 5.11 Å². The molecule has 72 valence electrons. The first-order valence-corrected chi connectivity index (χ1v) is 4.04. The minimum absolute atomic E-state index is 0.101. The molecule has 0 amide bonds. The lowest BCUT2D eigenvalue weighted by Crippen LogP contribution is -1.89. The number of aromatic hydroxyl groups is 1. The van der Waals surface area contributed by atoms with Crippen molar-refractivity contribution in [3.63, 3.8) is 0 Å². The van der Waals surface area contributed by atoms with Gasteiger partial charge in [0.05, 0.1) is 5.52 Å². The Morgan fingerprint density at radius 3 is 2.64 bits per heavy atom. The van der Waals surface area contributed by atoms with Crippen LogP contribution in [0.15, 0.2) is 30.3 Å². The van der Waals surface area contributed by atoms with Gasteiger partial charge >= 0.3 is 0 Å². The van der Waals surface area contributed by atoms with Crippen LogP contribution in [0.4, 0.5) is 8.78 Å². The number of hydrogen-bond acceptors (Lipinski definition) is 2. The number of nitrogens with zero attached hydrogens (tertiary/aromatic N) is 1. The van der Waals surface area contributed by atoms with E-state index in [2.05, 4.69) is 4.98 Å². The highest BCUT2D eigenvalue weighted by Gasteiger charge is 2.08. The summed E-state index contributed by atoms with van der Waals surface area (Å²) >= 11 is 0. The molecule has 0 atom stereocenters. The number of phenolic OH excluding ortho intramolecular Hbond substituents is 1. The average Bonchev–Trinajstić information content (AvgIpc) is 2.16. The number of aromatic nitrogens is 1. The second-order valence-electron chi connectivity index (χ2n) is 2.91. The van der Waals surface area contributed by atoms with Gasteiger partial charge in [0.2, 0.25) is 0 Å². The minimum atomic E-state index is -2.56. The zero-order valence-corrected chi connectivity index (χ0v) is 7.11. The van der Waals surface area contributed by atoms with Crippen LogP contribution >= 0.6 is 0 Å². The number of alkyl halides is 2. The Morgan fingerprint density at radius 1 is 1.14 bits per heavy atom. The third-order valence-corrected chi connectivity index (χ3v) is 1.92. The van der Waals surface area contributed by atoms with Crippen LogP contribution in [0.3, 0.4) is 0 Å². The van der Waals surface area contributed by atoms with Crippen molar-refractivity contribution < 1.29 is 13.9 Å². The van der Waals surface area contributed by atoms with Crippen molar-refractivity contribution in [1.29, 1.82) is 0 Å². The van der Waals surface area contributed by atoms with Crippen LogP contribution in [0.2, 0.25) is 0 Å². The summed E-state index contributed by atoms with van der Waals surface area (Å²) in [5.41, 5.74) is 0.212. The smallest absolute Gasteiger partial charge is 0.280 e. The molecule has 4 heteroatoms. The second kappa shape index (κ2) is 3.21. The molecule has 0 spiro atoms. The molecule has 0 aliphatic carbocycles. The Hall–Kier alpha value is -1.71. The molecule has 2 nitrogen and oxygen atoms in total. The molecule has 0 saturated carbocycles. The molecule has 0 aliphatic rings. The van der Waals surface area contributed by atoms with E-state index >= 15 is 0 Å². The molecule has 0 radical (unpaired) electrons. The van der Waals surface area contributed by atoms with Crippen molar-refractivity contribution >= 4 is 10.9 Å². The summed E-state index contributed by atoms with van der Waals surface area (Å²) in [4.78, 5) is 3.75. The first kappa shape index (κ1) is 8.87. The standard InChI is InChI=1S/C10H7F2NO/c11-10(12)9-3-1-6-5-7(14)2-4-8(6)13-9/h1-5,10,14H. The average molecular weight is 195 g/mol. The predicted octanol–water partition coefficient (Wildman–Crippen LogP) is 2.88. The van der Waals surface area contributed by atoms with E-state index in [0.29, 0.717) is 10.9 Å². The van der Waals surface area contributed by atoms with E-state index < -0.39 is 6.43 Å². The molecule has 14 heavy (non-hydrogen) atoms. The Labute approximate surface area is 78.8 Å². The SMILES string of the molecule is Oc1ccc2nc(C(F)F)ccc2c1. The molecule has 0 unspecified atom stereocenters. The van der Waals surface area contributed by atoms with E-state index in [-0.39, 0.29) is 11.4 Å². The Morgan fingerprint density at radius 2 is 1.93 bits per heavy atom. The van der Waals surface area contributed by atoms with Crippen LogP contribution in [0.1, 0.15) is 12.1 Å². The summed E-state index contributed by atoms with van der Waals surface area (Å²) in [5.74, 6) is 0.101. The van der Waals surface area contributed by atoms with Gasteiger partial charge in [-0.1, -0.05) is 6.07 Å². The van der Waals surface area contributed by atoms with Gasteiger partial charge in [-0.3, -0.25) is 0 Å². The van der Waals surface area contributed by atoms with Crippen molar-refractivity contribution in [2.24, 2.45) is 0 Å². The number of benzene rings is 1. The summed E-state index contributed by atoms with van der Waals surface area (Å²) in [7, 11) is 0. The highest BCUT2D eigenvalue weighted by atomic mass is 19.3. The molecule has 0 bridgehead atoms. The largest absolute Gasteiger partial charge is 0.508 e. The van der Waals surface area contributed by atoms with Gasteiger partial charge in [0, 0.05) is 5.39 Å². The van der Waals surface area contributed by atoms with E-state index in [9.17, 15) is 8.78 Å². The zero-order valence-electron chi connectivity index (χ0n) is 7.11. The molecule has 0 saturated heterocycles. The van der Waals surface area contributed by atoms with Crippen LogP contribution in [-0.4, -0.2) is 10.1 Å². The predicted molar refractivity (Wildman–Crippen MR) is 48.4 cm³/mol. The highest BCUT2D eigenvalue weighted by Crippen LogP contribution is 2.22. The summed E-state index contributed by atoms with van der Waals surface area (Å²) in [6.45, 7) is 0. The Balaban J connectivity index is 2.62. The van der Waals surface area contributed by atoms with Crippen molar-refractivity contribution in [3.8, 4) is 5.75 Å². The number of rotatable bonds is 1. The van der Waals surface area contributed by atoms with Crippen LogP contribution in [-0.2, 0) is 0 Å². The summed E-state index contributed by atoms with van der Waals surface area (Å²) in [5, 5.41) is 9.78. The second-order valence-corrected chi connectivity index (χ2v) is 2.91. The minimum Gasteiger partial charge on any atom is -0.508 e.